The van der Waals surface area contributed by atoms with E-state index >= 15 is 0 Å². The first-order valence-electron chi connectivity index (χ1n) is 4.41. The molecule has 0 heterocycles. The second-order valence-corrected chi connectivity index (χ2v) is 3.64. The summed E-state index contributed by atoms with van der Waals surface area (Å²) in [5.74, 6) is -0.805. The molecule has 0 aliphatic rings. The zero-order chi connectivity index (χ0) is 12.1. The van der Waals surface area contributed by atoms with Crippen LogP contribution in [0.1, 0.15) is 6.92 Å². The van der Waals surface area contributed by atoms with Crippen molar-refractivity contribution in [3.8, 4) is 0 Å². The average molecular weight is 249 g/mol. The normalized spacial score (nSPS) is 9.69. The second kappa shape index (κ2) is 7.03. The Kier molecular flexibility index (Phi) is 7.50. The van der Waals surface area contributed by atoms with Gasteiger partial charge in [0.1, 0.15) is 14.1 Å². The van der Waals surface area contributed by atoms with E-state index in [1.165, 1.54) is 0 Å². The Morgan fingerprint density at radius 3 is 2.31 bits per heavy atom. The minimum absolute atomic E-state index is 0. The van der Waals surface area contributed by atoms with E-state index in [-0.39, 0.29) is 29.6 Å². The van der Waals surface area contributed by atoms with Crippen molar-refractivity contribution in [2.24, 2.45) is 0 Å². The predicted molar refractivity (Wildman–Crippen MR) is 56.2 cm³/mol. The number of nitrogens with one attached hydrogen (secondary N) is 1. The van der Waals surface area contributed by atoms with E-state index in [2.05, 4.69) is 18.5 Å². The molecule has 0 saturated carbocycles. The zero-order valence-corrected chi connectivity index (χ0v) is 10.5. The summed E-state index contributed by atoms with van der Waals surface area (Å²) in [7, 11) is 3.29. The lowest BCUT2D eigenvalue weighted by molar-refractivity contribution is -1.06. The number of carbonyl (C=O) groups excluding carboxylic acids is 2. The van der Waals surface area contributed by atoms with Crippen LogP contribution in [-0.2, 0) is 14.4 Å². The first-order valence-corrected chi connectivity index (χ1v) is 4.41. The molecule has 6 heteroatoms. The lowest BCUT2D eigenvalue weighted by Gasteiger charge is -2.25. The van der Waals surface area contributed by atoms with Gasteiger partial charge in [-0.25, -0.2) is 4.79 Å². The molecule has 0 unspecified atom stereocenters. The fourth-order valence-corrected chi connectivity index (χ4v) is 0.675. The van der Waals surface area contributed by atoms with Gasteiger partial charge in [0.05, 0.1) is 0 Å². The van der Waals surface area contributed by atoms with Gasteiger partial charge in [0.15, 0.2) is 6.67 Å². The molecule has 0 atom stereocenters. The quantitative estimate of drug-likeness (QED) is 0.251. The summed E-state index contributed by atoms with van der Waals surface area (Å²) in [4.78, 5) is 27.1. The predicted octanol–water partition coefficient (Wildman–Crippen LogP) is -2.64. The fourth-order valence-electron chi connectivity index (χ4n) is 0.675. The highest BCUT2D eigenvalue weighted by molar-refractivity contribution is 5.87. The maximum absolute atomic E-state index is 11.2. The molecule has 0 aliphatic heterocycles. The third-order valence-corrected chi connectivity index (χ3v) is 1.50. The number of hydrogen-bond donors (Lipinski definition) is 1. The highest BCUT2D eigenvalue weighted by atomic mass is 35.5. The molecule has 0 radical (unpaired) electrons. The molecule has 1 amide bonds. The van der Waals surface area contributed by atoms with Crippen molar-refractivity contribution in [1.29, 1.82) is 0 Å². The Labute approximate surface area is 102 Å². The Morgan fingerprint density at radius 2 is 1.94 bits per heavy atom. The summed E-state index contributed by atoms with van der Waals surface area (Å²) in [6, 6.07) is 0. The number of quaternary nitrogens is 1. The topological polar surface area (TPSA) is 55.4 Å². The van der Waals surface area contributed by atoms with Gasteiger partial charge < -0.3 is 17.7 Å². The van der Waals surface area contributed by atoms with Crippen molar-refractivity contribution < 1.29 is 31.5 Å². The van der Waals surface area contributed by atoms with Crippen molar-refractivity contribution >= 4 is 11.9 Å². The number of hydroxylamine groups is 3. The lowest BCUT2D eigenvalue weighted by Crippen LogP contribution is -3.00. The largest absolute Gasteiger partial charge is 1.00 e. The van der Waals surface area contributed by atoms with Crippen LogP contribution < -0.4 is 17.7 Å². The van der Waals surface area contributed by atoms with Crippen molar-refractivity contribution in [3.05, 3.63) is 24.8 Å². The summed E-state index contributed by atoms with van der Waals surface area (Å²) < 4.78 is -0.106. The van der Waals surface area contributed by atoms with Crippen LogP contribution in [0, 0.1) is 0 Å². The number of rotatable bonds is 5. The van der Waals surface area contributed by atoms with E-state index in [0.29, 0.717) is 5.57 Å². The summed E-state index contributed by atoms with van der Waals surface area (Å²) in [5.41, 5.74) is 0.316. The van der Waals surface area contributed by atoms with Gasteiger partial charge in [-0.2, -0.15) is 0 Å². The molecule has 5 nitrogen and oxygen atoms in total. The van der Waals surface area contributed by atoms with E-state index in [4.69, 9.17) is 4.84 Å². The van der Waals surface area contributed by atoms with Gasteiger partial charge in [-0.3, -0.25) is 9.63 Å². The molecule has 0 rings (SSSR count). The number of hydrogen-bond acceptors (Lipinski definition) is 3. The maximum atomic E-state index is 11.2. The van der Waals surface area contributed by atoms with E-state index in [0.717, 1.165) is 6.08 Å². The van der Waals surface area contributed by atoms with Crippen molar-refractivity contribution in [2.45, 2.75) is 6.92 Å². The molecular formula is C10H17ClN2O3. The number of nitrogens with zero attached hydrogens (tertiary/aromatic N) is 1. The van der Waals surface area contributed by atoms with Crippen LogP contribution in [0.25, 0.3) is 0 Å². The van der Waals surface area contributed by atoms with E-state index < -0.39 is 5.97 Å². The molecule has 1 N–H and O–H groups in total. The first-order chi connectivity index (χ1) is 6.78. The van der Waals surface area contributed by atoms with Gasteiger partial charge in [-0.1, -0.05) is 13.2 Å². The molecule has 92 valence electrons. The second-order valence-electron chi connectivity index (χ2n) is 3.64. The first kappa shape index (κ1) is 17.1. The van der Waals surface area contributed by atoms with Crippen LogP contribution in [0.5, 0.6) is 0 Å². The van der Waals surface area contributed by atoms with E-state index in [1.54, 1.807) is 21.0 Å². The molecule has 0 aliphatic carbocycles. The molecule has 0 saturated heterocycles. The van der Waals surface area contributed by atoms with Gasteiger partial charge >= 0.3 is 5.97 Å². The molecule has 0 spiro atoms. The number of halogens is 1. The van der Waals surface area contributed by atoms with Gasteiger partial charge in [0, 0.05) is 5.57 Å². The highest BCUT2D eigenvalue weighted by Gasteiger charge is 2.22. The van der Waals surface area contributed by atoms with Crippen molar-refractivity contribution in [3.63, 3.8) is 0 Å². The minimum atomic E-state index is -0.493. The molecular weight excluding hydrogens is 232 g/mol. The Balaban J connectivity index is 0. The summed E-state index contributed by atoms with van der Waals surface area (Å²) in [5, 5.41) is 2.53. The summed E-state index contributed by atoms with van der Waals surface area (Å²) in [6.45, 7) is 8.50. The fraction of sp³-hybridized carbons (Fsp3) is 0.400. The van der Waals surface area contributed by atoms with Crippen LogP contribution in [0.2, 0.25) is 0 Å². The third kappa shape index (κ3) is 7.03. The minimum Gasteiger partial charge on any atom is -1.00 e. The Bertz CT molecular complexity index is 300. The average Bonchev–Trinajstić information content (AvgIpc) is 2.13. The smallest absolute Gasteiger partial charge is 0.392 e. The van der Waals surface area contributed by atoms with E-state index in [1.807, 2.05) is 0 Å². The Morgan fingerprint density at radius 1 is 1.44 bits per heavy atom. The standard InChI is InChI=1S/C10H16N2O3.ClH/c1-6-9(13)11-7-12(4,5)15-10(14)8(2)3;/h6H,1-2,7H2,3-5H3;1H. The summed E-state index contributed by atoms with van der Waals surface area (Å²) in [6.07, 6.45) is 1.15. The SMILES string of the molecule is C=CC(=O)NC[N+](C)(C)OC(=O)C(=C)C.[Cl-]. The van der Waals surface area contributed by atoms with E-state index in [9.17, 15) is 9.59 Å². The molecule has 0 aromatic carbocycles. The molecule has 0 fully saturated rings. The molecule has 16 heavy (non-hydrogen) atoms. The van der Waals surface area contributed by atoms with Crippen LogP contribution in [-0.4, -0.2) is 37.3 Å². The zero-order valence-electron chi connectivity index (χ0n) is 9.75. The van der Waals surface area contributed by atoms with Crippen LogP contribution >= 0.6 is 0 Å². The van der Waals surface area contributed by atoms with Crippen molar-refractivity contribution in [1.82, 2.24) is 5.32 Å². The Hall–Kier alpha value is -1.33. The van der Waals surface area contributed by atoms with Gasteiger partial charge in [0.25, 0.3) is 0 Å². The van der Waals surface area contributed by atoms with Gasteiger partial charge in [-0.05, 0) is 13.0 Å². The molecule has 0 aromatic rings. The highest BCUT2D eigenvalue weighted by Crippen LogP contribution is 2.01. The maximum Gasteiger partial charge on any atom is 0.392 e. The van der Waals surface area contributed by atoms with Crippen LogP contribution in [0.3, 0.4) is 0 Å². The van der Waals surface area contributed by atoms with Crippen molar-refractivity contribution in [2.75, 3.05) is 20.8 Å². The van der Waals surface area contributed by atoms with Gasteiger partial charge in [-0.15, -0.1) is 4.65 Å². The molecule has 0 bridgehead atoms. The molecule has 0 aromatic heterocycles. The number of carbonyl (C=O) groups is 2. The lowest BCUT2D eigenvalue weighted by atomic mass is 10.4. The van der Waals surface area contributed by atoms with Gasteiger partial charge in [0.2, 0.25) is 5.91 Å². The summed E-state index contributed by atoms with van der Waals surface area (Å²) >= 11 is 0. The monoisotopic (exact) mass is 248 g/mol. The number of amides is 1. The third-order valence-electron chi connectivity index (χ3n) is 1.50. The van der Waals surface area contributed by atoms with Crippen LogP contribution in [0.15, 0.2) is 24.8 Å². The van der Waals surface area contributed by atoms with Crippen LogP contribution in [0.4, 0.5) is 0 Å².